The summed E-state index contributed by atoms with van der Waals surface area (Å²) in [6.07, 6.45) is 0.443. The fourth-order valence-corrected chi connectivity index (χ4v) is 2.59. The molecule has 0 heterocycles. The van der Waals surface area contributed by atoms with Gasteiger partial charge in [0.15, 0.2) is 0 Å². The van der Waals surface area contributed by atoms with Crippen LogP contribution in [0.4, 0.5) is 25.1 Å². The van der Waals surface area contributed by atoms with E-state index in [9.17, 15) is 34.3 Å². The normalized spacial score (nSPS) is 14.7. The number of benzene rings is 2. The first-order valence-electron chi connectivity index (χ1n) is 5.90. The maximum absolute atomic E-state index is 12.8. The van der Waals surface area contributed by atoms with E-state index in [1.165, 1.54) is 24.3 Å². The Kier molecular flexibility index (Phi) is 3.31. The Bertz CT molecular complexity index is 820. The second kappa shape index (κ2) is 4.51. The molecule has 0 N–H and O–H groups in total. The number of aldehydes is 1. The maximum atomic E-state index is 12.8. The van der Waals surface area contributed by atoms with Gasteiger partial charge in [0.25, 0.3) is 5.69 Å². The second-order valence-electron chi connectivity index (χ2n) is 4.65. The number of rotatable bonds is 4. The van der Waals surface area contributed by atoms with Gasteiger partial charge in [-0.1, -0.05) is 37.6 Å². The van der Waals surface area contributed by atoms with Crippen molar-refractivity contribution in [3.05, 3.63) is 58.1 Å². The standard InChI is InChI=1S/C13H8F5NO3S/c14-23(15,16,17,18)11-4-5-12(13(7-11)19(21)22)10-3-1-2-9(6-10)8-20/h1-8H. The molecule has 4 nitrogen and oxygen atoms in total. The van der Waals surface area contributed by atoms with Crippen molar-refractivity contribution in [1.29, 1.82) is 0 Å². The third-order valence-electron chi connectivity index (χ3n) is 2.95. The van der Waals surface area contributed by atoms with E-state index in [0.29, 0.717) is 12.4 Å². The highest BCUT2D eigenvalue weighted by Gasteiger charge is 2.65. The van der Waals surface area contributed by atoms with E-state index in [1.54, 1.807) is 0 Å². The molecule has 0 aliphatic rings. The highest BCUT2D eigenvalue weighted by molar-refractivity contribution is 8.45. The van der Waals surface area contributed by atoms with Crippen molar-refractivity contribution in [2.75, 3.05) is 0 Å². The Morgan fingerprint density at radius 2 is 1.65 bits per heavy atom. The van der Waals surface area contributed by atoms with E-state index in [1.807, 2.05) is 0 Å². The maximum Gasteiger partial charge on any atom is 0.310 e. The third-order valence-corrected chi connectivity index (χ3v) is 4.09. The molecule has 0 unspecified atom stereocenters. The largest absolute Gasteiger partial charge is 0.310 e. The van der Waals surface area contributed by atoms with Gasteiger partial charge in [-0.3, -0.25) is 14.9 Å². The molecule has 2 aromatic carbocycles. The van der Waals surface area contributed by atoms with Gasteiger partial charge in [-0.15, -0.1) is 0 Å². The van der Waals surface area contributed by atoms with E-state index >= 15 is 0 Å². The number of nitrogens with zero attached hydrogens (tertiary/aromatic N) is 1. The van der Waals surface area contributed by atoms with Crippen LogP contribution in [0.25, 0.3) is 11.1 Å². The van der Waals surface area contributed by atoms with Crippen molar-refractivity contribution in [3.63, 3.8) is 0 Å². The summed E-state index contributed by atoms with van der Waals surface area (Å²) in [4.78, 5) is 18.2. The van der Waals surface area contributed by atoms with Crippen LogP contribution < -0.4 is 0 Å². The number of hydrogen-bond acceptors (Lipinski definition) is 3. The molecule has 0 radical (unpaired) electrons. The van der Waals surface area contributed by atoms with Crippen LogP contribution in [0.1, 0.15) is 10.4 Å². The van der Waals surface area contributed by atoms with Gasteiger partial charge in [-0.2, -0.15) is 0 Å². The monoisotopic (exact) mass is 353 g/mol. The summed E-state index contributed by atoms with van der Waals surface area (Å²) in [6.45, 7) is 0. The van der Waals surface area contributed by atoms with Crippen LogP contribution in [0.15, 0.2) is 47.4 Å². The summed E-state index contributed by atoms with van der Waals surface area (Å²) in [5.74, 6) is 0. The molecule has 0 saturated carbocycles. The van der Waals surface area contributed by atoms with E-state index in [-0.39, 0.29) is 28.8 Å². The number of nitro benzene ring substituents is 1. The van der Waals surface area contributed by atoms with Gasteiger partial charge in [-0.25, -0.2) is 0 Å². The van der Waals surface area contributed by atoms with Crippen LogP contribution >= 0.6 is 10.2 Å². The minimum absolute atomic E-state index is 0.0648. The first kappa shape index (κ1) is 16.9. The van der Waals surface area contributed by atoms with Gasteiger partial charge < -0.3 is 0 Å². The lowest BCUT2D eigenvalue weighted by molar-refractivity contribution is -0.384. The summed E-state index contributed by atoms with van der Waals surface area (Å²) in [6, 6.07) is 5.76. The van der Waals surface area contributed by atoms with Crippen molar-refractivity contribution in [2.45, 2.75) is 4.90 Å². The lowest BCUT2D eigenvalue weighted by atomic mass is 10.0. The van der Waals surface area contributed by atoms with E-state index in [4.69, 9.17) is 0 Å². The fourth-order valence-electron chi connectivity index (χ4n) is 1.93. The molecule has 0 aromatic heterocycles. The summed E-state index contributed by atoms with van der Waals surface area (Å²) >= 11 is 0. The zero-order valence-corrected chi connectivity index (χ0v) is 11.9. The molecule has 0 bridgehead atoms. The molecular formula is C13H8F5NO3S. The number of halogens is 5. The molecule has 10 heteroatoms. The van der Waals surface area contributed by atoms with Gasteiger partial charge in [0.05, 0.1) is 10.5 Å². The minimum Gasteiger partial charge on any atom is -0.298 e. The first-order valence-corrected chi connectivity index (χ1v) is 7.85. The SMILES string of the molecule is O=Cc1cccc(-c2ccc(S(F)(F)(F)(F)F)cc2[N+](=O)[O-])c1. The number of hydrogen-bond donors (Lipinski definition) is 0. The lowest BCUT2D eigenvalue weighted by Crippen LogP contribution is -2.07. The number of carbonyl (C=O) groups is 1. The quantitative estimate of drug-likeness (QED) is 0.305. The average Bonchev–Trinajstić information content (AvgIpc) is 2.44. The third kappa shape index (κ3) is 3.65. The molecule has 23 heavy (non-hydrogen) atoms. The topological polar surface area (TPSA) is 60.2 Å². The average molecular weight is 353 g/mol. The first-order chi connectivity index (χ1) is 10.3. The number of nitro groups is 1. The van der Waals surface area contributed by atoms with Crippen LogP contribution in [0.2, 0.25) is 0 Å². The number of carbonyl (C=O) groups excluding carboxylic acids is 1. The molecule has 0 saturated heterocycles. The van der Waals surface area contributed by atoms with Crippen molar-refractivity contribution in [3.8, 4) is 11.1 Å². The molecule has 0 spiro atoms. The summed E-state index contributed by atoms with van der Waals surface area (Å²) in [5, 5.41) is 11.0. The lowest BCUT2D eigenvalue weighted by Gasteiger charge is -2.40. The zero-order valence-electron chi connectivity index (χ0n) is 11.1. The van der Waals surface area contributed by atoms with E-state index < -0.39 is 25.7 Å². The molecular weight excluding hydrogens is 345 g/mol. The Morgan fingerprint density at radius 1 is 1.00 bits per heavy atom. The van der Waals surface area contributed by atoms with Crippen LogP contribution in [0.3, 0.4) is 0 Å². The smallest absolute Gasteiger partial charge is 0.298 e. The predicted molar refractivity (Wildman–Crippen MR) is 75.3 cm³/mol. The Hall–Kier alpha value is -2.49. The van der Waals surface area contributed by atoms with Crippen molar-refractivity contribution < 1.29 is 29.1 Å². The second-order valence-corrected chi connectivity index (χ2v) is 7.06. The van der Waals surface area contributed by atoms with E-state index in [2.05, 4.69) is 0 Å². The molecule has 0 aliphatic heterocycles. The Labute approximate surface area is 126 Å². The fraction of sp³-hybridized carbons (Fsp3) is 0. The molecule has 2 rings (SSSR count). The highest BCUT2D eigenvalue weighted by atomic mass is 32.5. The molecule has 0 aliphatic carbocycles. The molecule has 0 fully saturated rings. The van der Waals surface area contributed by atoms with Crippen LogP contribution in [0.5, 0.6) is 0 Å². The van der Waals surface area contributed by atoms with Crippen molar-refractivity contribution >= 4 is 22.2 Å². The Morgan fingerprint density at radius 3 is 2.17 bits per heavy atom. The minimum atomic E-state index is -10.0. The molecule has 2 aromatic rings. The summed E-state index contributed by atoms with van der Waals surface area (Å²) in [7, 11) is -10.0. The predicted octanol–water partition coefficient (Wildman–Crippen LogP) is 5.73. The van der Waals surface area contributed by atoms with Crippen molar-refractivity contribution in [2.24, 2.45) is 0 Å². The van der Waals surface area contributed by atoms with Gasteiger partial charge >= 0.3 is 10.2 Å². The highest BCUT2D eigenvalue weighted by Crippen LogP contribution is 3.02. The van der Waals surface area contributed by atoms with Gasteiger partial charge in [0.2, 0.25) is 0 Å². The summed E-state index contributed by atoms with van der Waals surface area (Å²) in [5.41, 5.74) is -1.23. The van der Waals surface area contributed by atoms with Gasteiger partial charge in [-0.05, 0) is 23.8 Å². The van der Waals surface area contributed by atoms with Gasteiger partial charge in [0, 0.05) is 11.6 Å². The molecule has 0 amide bonds. The van der Waals surface area contributed by atoms with Crippen LogP contribution in [-0.2, 0) is 0 Å². The zero-order chi connectivity index (χ0) is 17.5. The van der Waals surface area contributed by atoms with Crippen molar-refractivity contribution in [1.82, 2.24) is 0 Å². The molecule has 0 atom stereocenters. The van der Waals surface area contributed by atoms with Crippen LogP contribution in [-0.4, -0.2) is 11.2 Å². The van der Waals surface area contributed by atoms with Gasteiger partial charge in [0.1, 0.15) is 11.2 Å². The Balaban J connectivity index is 2.73. The molecule has 124 valence electrons. The van der Waals surface area contributed by atoms with Crippen LogP contribution in [0, 0.1) is 10.1 Å². The summed E-state index contributed by atoms with van der Waals surface area (Å²) < 4.78 is 63.9. The van der Waals surface area contributed by atoms with E-state index in [0.717, 1.165) is 0 Å².